The minimum atomic E-state index is 0.860. The zero-order chi connectivity index (χ0) is 8.93. The van der Waals surface area contributed by atoms with Crippen LogP contribution in [0.1, 0.15) is 5.69 Å². The third-order valence-corrected chi connectivity index (χ3v) is 2.79. The number of hydrogen-bond acceptors (Lipinski definition) is 6. The highest BCUT2D eigenvalue weighted by Crippen LogP contribution is 2.08. The van der Waals surface area contributed by atoms with E-state index in [0.717, 1.165) is 23.8 Å². The maximum absolute atomic E-state index is 4.18. The van der Waals surface area contributed by atoms with Crippen molar-refractivity contribution in [1.29, 1.82) is 0 Å². The van der Waals surface area contributed by atoms with Crippen LogP contribution < -0.4 is 5.32 Å². The summed E-state index contributed by atoms with van der Waals surface area (Å²) in [6.45, 7) is 0.860. The Labute approximate surface area is 83.7 Å². The third kappa shape index (κ3) is 2.46. The van der Waals surface area contributed by atoms with Crippen molar-refractivity contribution < 1.29 is 0 Å². The maximum atomic E-state index is 4.18. The van der Waals surface area contributed by atoms with Gasteiger partial charge in [0.05, 0.1) is 11.2 Å². The van der Waals surface area contributed by atoms with Gasteiger partial charge < -0.3 is 5.32 Å². The molecule has 0 bridgehead atoms. The van der Waals surface area contributed by atoms with Crippen LogP contribution in [0.25, 0.3) is 0 Å². The highest BCUT2D eigenvalue weighted by Gasteiger charge is 1.96. The molecule has 0 aromatic carbocycles. The zero-order valence-electron chi connectivity index (χ0n) is 6.80. The van der Waals surface area contributed by atoms with Crippen molar-refractivity contribution in [1.82, 2.24) is 15.2 Å². The molecule has 13 heavy (non-hydrogen) atoms. The lowest BCUT2D eigenvalue weighted by molar-refractivity contribution is 0.963. The first kappa shape index (κ1) is 8.58. The molecule has 2 rings (SSSR count). The van der Waals surface area contributed by atoms with Crippen molar-refractivity contribution in [2.75, 3.05) is 11.9 Å². The molecule has 2 aromatic rings. The van der Waals surface area contributed by atoms with Crippen LogP contribution in [0.3, 0.4) is 0 Å². The summed E-state index contributed by atoms with van der Waals surface area (Å²) in [6, 6.07) is 0. The van der Waals surface area contributed by atoms with E-state index in [1.807, 2.05) is 5.51 Å². The summed E-state index contributed by atoms with van der Waals surface area (Å²) in [7, 11) is 0. The smallest absolute Gasteiger partial charge is 0.205 e. The lowest BCUT2D eigenvalue weighted by atomic mass is 10.3. The van der Waals surface area contributed by atoms with E-state index in [1.54, 1.807) is 16.8 Å². The molecule has 1 N–H and O–H groups in total. The number of rotatable bonds is 4. The van der Waals surface area contributed by atoms with E-state index in [1.165, 1.54) is 11.3 Å². The summed E-state index contributed by atoms with van der Waals surface area (Å²) >= 11 is 3.13. The molecular weight excluding hydrogens is 204 g/mol. The normalized spacial score (nSPS) is 10.2. The largest absolute Gasteiger partial charge is 0.360 e. The highest BCUT2D eigenvalue weighted by molar-refractivity contribution is 7.13. The molecular formula is C7H8N4S2. The lowest BCUT2D eigenvalue weighted by Crippen LogP contribution is -2.04. The molecule has 4 nitrogen and oxygen atoms in total. The SMILES string of the molecule is c1nc(CCNc2nncs2)cs1. The van der Waals surface area contributed by atoms with Crippen LogP contribution in [0, 0.1) is 0 Å². The Morgan fingerprint density at radius 1 is 1.38 bits per heavy atom. The van der Waals surface area contributed by atoms with E-state index in [0.29, 0.717) is 0 Å². The molecule has 6 heteroatoms. The highest BCUT2D eigenvalue weighted by atomic mass is 32.1. The molecule has 0 radical (unpaired) electrons. The fraction of sp³-hybridized carbons (Fsp3) is 0.286. The van der Waals surface area contributed by atoms with Crippen molar-refractivity contribution in [3.63, 3.8) is 0 Å². The summed E-state index contributed by atoms with van der Waals surface area (Å²) < 4.78 is 0. The Bertz CT molecular complexity index is 295. The molecule has 0 saturated heterocycles. The molecule has 0 amide bonds. The number of aromatic nitrogens is 3. The molecule has 68 valence electrons. The zero-order valence-corrected chi connectivity index (χ0v) is 8.44. The molecule has 0 aliphatic carbocycles. The summed E-state index contributed by atoms with van der Waals surface area (Å²) in [5.74, 6) is 0. The van der Waals surface area contributed by atoms with Gasteiger partial charge in [-0.15, -0.1) is 21.5 Å². The Kier molecular flexibility index (Phi) is 2.83. The predicted molar refractivity (Wildman–Crippen MR) is 54.2 cm³/mol. The Morgan fingerprint density at radius 3 is 3.08 bits per heavy atom. The van der Waals surface area contributed by atoms with E-state index in [9.17, 15) is 0 Å². The fourth-order valence-electron chi connectivity index (χ4n) is 0.909. The van der Waals surface area contributed by atoms with Gasteiger partial charge in [0, 0.05) is 18.3 Å². The summed E-state index contributed by atoms with van der Waals surface area (Å²) in [4.78, 5) is 4.18. The third-order valence-electron chi connectivity index (χ3n) is 1.50. The molecule has 2 aromatic heterocycles. The second kappa shape index (κ2) is 4.29. The lowest BCUT2D eigenvalue weighted by Gasteiger charge is -1.98. The average Bonchev–Trinajstić information content (AvgIpc) is 2.75. The Hall–Kier alpha value is -1.01. The number of nitrogens with zero attached hydrogens (tertiary/aromatic N) is 3. The van der Waals surface area contributed by atoms with Crippen molar-refractivity contribution in [2.24, 2.45) is 0 Å². The topological polar surface area (TPSA) is 50.7 Å². The fourth-order valence-corrected chi connectivity index (χ4v) is 1.98. The first-order valence-corrected chi connectivity index (χ1v) is 5.64. The van der Waals surface area contributed by atoms with Crippen molar-refractivity contribution >= 4 is 27.8 Å². The average molecular weight is 212 g/mol. The van der Waals surface area contributed by atoms with Gasteiger partial charge in [0.25, 0.3) is 0 Å². The van der Waals surface area contributed by atoms with Gasteiger partial charge in [-0.05, 0) is 0 Å². The summed E-state index contributed by atoms with van der Waals surface area (Å²) in [6.07, 6.45) is 0.934. The van der Waals surface area contributed by atoms with E-state index >= 15 is 0 Å². The monoisotopic (exact) mass is 212 g/mol. The van der Waals surface area contributed by atoms with Gasteiger partial charge in [-0.1, -0.05) is 11.3 Å². The van der Waals surface area contributed by atoms with Crippen molar-refractivity contribution in [3.05, 3.63) is 22.1 Å². The van der Waals surface area contributed by atoms with Gasteiger partial charge in [-0.25, -0.2) is 4.98 Å². The van der Waals surface area contributed by atoms with Crippen LogP contribution in [0.5, 0.6) is 0 Å². The standard InChI is InChI=1S/C7H8N4S2/c1(6-3-12-4-9-6)2-8-7-11-10-5-13-7/h3-5H,1-2H2,(H,8,11). The first-order valence-electron chi connectivity index (χ1n) is 3.82. The quantitative estimate of drug-likeness (QED) is 0.837. The maximum Gasteiger partial charge on any atom is 0.205 e. The van der Waals surface area contributed by atoms with Crippen LogP contribution in [0.2, 0.25) is 0 Å². The second-order valence-corrected chi connectivity index (χ2v) is 3.95. The number of nitrogens with one attached hydrogen (secondary N) is 1. The van der Waals surface area contributed by atoms with Gasteiger partial charge in [0.15, 0.2) is 0 Å². The van der Waals surface area contributed by atoms with Gasteiger partial charge in [-0.3, -0.25) is 0 Å². The van der Waals surface area contributed by atoms with Crippen LogP contribution in [0.4, 0.5) is 5.13 Å². The number of hydrogen-bond donors (Lipinski definition) is 1. The molecule has 0 unspecified atom stereocenters. The molecule has 0 aliphatic rings. The molecule has 2 heterocycles. The van der Waals surface area contributed by atoms with E-state index in [2.05, 4.69) is 25.9 Å². The van der Waals surface area contributed by atoms with Crippen LogP contribution in [-0.4, -0.2) is 21.7 Å². The predicted octanol–water partition coefficient (Wildman–Crippen LogP) is 1.65. The first-order chi connectivity index (χ1) is 6.45. The van der Waals surface area contributed by atoms with Crippen molar-refractivity contribution in [2.45, 2.75) is 6.42 Å². The van der Waals surface area contributed by atoms with Crippen LogP contribution in [0.15, 0.2) is 16.4 Å². The minimum Gasteiger partial charge on any atom is -0.360 e. The second-order valence-electron chi connectivity index (χ2n) is 2.40. The Morgan fingerprint density at radius 2 is 2.38 bits per heavy atom. The molecule has 0 fully saturated rings. The number of anilines is 1. The van der Waals surface area contributed by atoms with E-state index in [-0.39, 0.29) is 0 Å². The van der Waals surface area contributed by atoms with E-state index < -0.39 is 0 Å². The molecule has 0 spiro atoms. The Balaban J connectivity index is 1.76. The molecule has 0 atom stereocenters. The van der Waals surface area contributed by atoms with Crippen molar-refractivity contribution in [3.8, 4) is 0 Å². The molecule has 0 saturated carbocycles. The molecule has 0 aliphatic heterocycles. The minimum absolute atomic E-state index is 0.860. The van der Waals surface area contributed by atoms with Crippen LogP contribution in [-0.2, 0) is 6.42 Å². The van der Waals surface area contributed by atoms with Gasteiger partial charge in [-0.2, -0.15) is 0 Å². The number of thiazole rings is 1. The van der Waals surface area contributed by atoms with Gasteiger partial charge in [0.1, 0.15) is 5.51 Å². The van der Waals surface area contributed by atoms with Gasteiger partial charge in [0.2, 0.25) is 5.13 Å². The van der Waals surface area contributed by atoms with Crippen LogP contribution >= 0.6 is 22.7 Å². The van der Waals surface area contributed by atoms with E-state index in [4.69, 9.17) is 0 Å². The van der Waals surface area contributed by atoms with Gasteiger partial charge >= 0.3 is 0 Å². The summed E-state index contributed by atoms with van der Waals surface area (Å²) in [5, 5.41) is 13.7. The summed E-state index contributed by atoms with van der Waals surface area (Å²) in [5.41, 5.74) is 4.69.